The standard InChI is InChI=1S/C26H32N6/c1-19(2)25(21-11-7-5-8-12-21)23-17-31(29-27-23)15-16-32-18-24(28-30-32)26(20(3)4)22-13-9-6-10-14-22/h5-14,17-20,25-26H,15-16H2,1-4H3/t25-,26+. The molecule has 0 saturated heterocycles. The van der Waals surface area contributed by atoms with Gasteiger partial charge in [0.25, 0.3) is 0 Å². The largest absolute Gasteiger partial charge is 0.250 e. The summed E-state index contributed by atoms with van der Waals surface area (Å²) < 4.78 is 3.82. The summed E-state index contributed by atoms with van der Waals surface area (Å²) in [6.45, 7) is 10.3. The molecule has 0 amide bonds. The lowest BCUT2D eigenvalue weighted by atomic mass is 9.86. The third-order valence-electron chi connectivity index (χ3n) is 5.96. The normalized spacial score (nSPS) is 13.6. The maximum Gasteiger partial charge on any atom is 0.0904 e. The second-order valence-corrected chi connectivity index (χ2v) is 9.08. The van der Waals surface area contributed by atoms with Gasteiger partial charge in [-0.15, -0.1) is 10.2 Å². The molecule has 4 rings (SSSR count). The Morgan fingerprint density at radius 3 is 1.31 bits per heavy atom. The van der Waals surface area contributed by atoms with Crippen molar-refractivity contribution in [2.75, 3.05) is 0 Å². The fourth-order valence-corrected chi connectivity index (χ4v) is 4.45. The number of aryl methyl sites for hydroxylation is 2. The van der Waals surface area contributed by atoms with Crippen molar-refractivity contribution in [2.24, 2.45) is 11.8 Å². The Morgan fingerprint density at radius 2 is 0.969 bits per heavy atom. The van der Waals surface area contributed by atoms with Crippen molar-refractivity contribution in [1.29, 1.82) is 0 Å². The summed E-state index contributed by atoms with van der Waals surface area (Å²) in [5, 5.41) is 17.7. The fourth-order valence-electron chi connectivity index (χ4n) is 4.45. The number of aromatic nitrogens is 6. The van der Waals surface area contributed by atoms with Crippen molar-refractivity contribution in [3.05, 3.63) is 95.6 Å². The second kappa shape index (κ2) is 9.90. The van der Waals surface area contributed by atoms with Gasteiger partial charge in [0, 0.05) is 24.2 Å². The first-order chi connectivity index (χ1) is 15.5. The van der Waals surface area contributed by atoms with Crippen LogP contribution in [0.1, 0.15) is 62.0 Å². The Morgan fingerprint density at radius 1 is 0.594 bits per heavy atom. The molecule has 0 fully saturated rings. The van der Waals surface area contributed by atoms with E-state index in [-0.39, 0.29) is 11.8 Å². The minimum Gasteiger partial charge on any atom is -0.250 e. The molecule has 4 aromatic rings. The molecule has 2 heterocycles. The number of rotatable bonds is 9. The molecule has 0 aliphatic heterocycles. The van der Waals surface area contributed by atoms with Gasteiger partial charge in [-0.3, -0.25) is 9.36 Å². The highest BCUT2D eigenvalue weighted by molar-refractivity contribution is 5.28. The zero-order valence-electron chi connectivity index (χ0n) is 19.3. The highest BCUT2D eigenvalue weighted by Crippen LogP contribution is 2.31. The van der Waals surface area contributed by atoms with Crippen molar-refractivity contribution in [3.63, 3.8) is 0 Å². The van der Waals surface area contributed by atoms with E-state index in [1.807, 2.05) is 21.5 Å². The smallest absolute Gasteiger partial charge is 0.0904 e. The van der Waals surface area contributed by atoms with Crippen molar-refractivity contribution in [1.82, 2.24) is 30.0 Å². The number of hydrogen-bond donors (Lipinski definition) is 0. The van der Waals surface area contributed by atoms with Gasteiger partial charge in [-0.25, -0.2) is 0 Å². The molecule has 0 spiro atoms. The van der Waals surface area contributed by atoms with Crippen LogP contribution in [0, 0.1) is 11.8 Å². The van der Waals surface area contributed by atoms with Gasteiger partial charge in [-0.1, -0.05) is 98.8 Å². The molecule has 6 nitrogen and oxygen atoms in total. The average Bonchev–Trinajstić information content (AvgIpc) is 3.43. The Bertz CT molecular complexity index is 1010. The maximum atomic E-state index is 4.49. The van der Waals surface area contributed by atoms with Gasteiger partial charge >= 0.3 is 0 Å². The Kier molecular flexibility index (Phi) is 6.78. The predicted octanol–water partition coefficient (Wildman–Crippen LogP) is 5.15. The minimum atomic E-state index is 0.237. The maximum absolute atomic E-state index is 4.49. The van der Waals surface area contributed by atoms with Crippen LogP contribution in [0.3, 0.4) is 0 Å². The van der Waals surface area contributed by atoms with E-state index in [1.165, 1.54) is 11.1 Å². The molecule has 0 bridgehead atoms. The molecule has 6 heteroatoms. The van der Waals surface area contributed by atoms with E-state index in [9.17, 15) is 0 Å². The van der Waals surface area contributed by atoms with Crippen LogP contribution < -0.4 is 0 Å². The predicted molar refractivity (Wildman–Crippen MR) is 126 cm³/mol. The van der Waals surface area contributed by atoms with Crippen LogP contribution in [0.4, 0.5) is 0 Å². The van der Waals surface area contributed by atoms with Gasteiger partial charge in [0.1, 0.15) is 0 Å². The molecule has 0 radical (unpaired) electrons. The van der Waals surface area contributed by atoms with Crippen LogP contribution in [0.15, 0.2) is 73.1 Å². The molecule has 0 unspecified atom stereocenters. The van der Waals surface area contributed by atoms with E-state index >= 15 is 0 Å². The van der Waals surface area contributed by atoms with Gasteiger partial charge < -0.3 is 0 Å². The number of nitrogens with zero attached hydrogens (tertiary/aromatic N) is 6. The van der Waals surface area contributed by atoms with Crippen molar-refractivity contribution >= 4 is 0 Å². The van der Waals surface area contributed by atoms with Crippen LogP contribution in [-0.2, 0) is 13.1 Å². The summed E-state index contributed by atoms with van der Waals surface area (Å²) >= 11 is 0. The Labute approximate surface area is 190 Å². The van der Waals surface area contributed by atoms with Gasteiger partial charge in [-0.2, -0.15) is 0 Å². The van der Waals surface area contributed by atoms with Crippen molar-refractivity contribution in [2.45, 2.75) is 52.6 Å². The minimum absolute atomic E-state index is 0.237. The highest BCUT2D eigenvalue weighted by Gasteiger charge is 2.22. The van der Waals surface area contributed by atoms with Gasteiger partial charge in [-0.05, 0) is 23.0 Å². The molecule has 0 N–H and O–H groups in total. The fraction of sp³-hybridized carbons (Fsp3) is 0.385. The van der Waals surface area contributed by atoms with Crippen molar-refractivity contribution in [3.8, 4) is 0 Å². The SMILES string of the molecule is CC(C)[C@H](c1ccccc1)c1cn(CCn2cc([C@H](c3ccccc3)C(C)C)nn2)nn1. The average molecular weight is 429 g/mol. The number of hydrogen-bond acceptors (Lipinski definition) is 4. The van der Waals surface area contributed by atoms with E-state index in [0.29, 0.717) is 24.9 Å². The van der Waals surface area contributed by atoms with Crippen LogP contribution in [0.5, 0.6) is 0 Å². The van der Waals surface area contributed by atoms with E-state index in [0.717, 1.165) is 11.4 Å². The van der Waals surface area contributed by atoms with Crippen molar-refractivity contribution < 1.29 is 0 Å². The lowest BCUT2D eigenvalue weighted by Gasteiger charge is -2.18. The van der Waals surface area contributed by atoms with Crippen LogP contribution in [0.2, 0.25) is 0 Å². The quantitative estimate of drug-likeness (QED) is 0.370. The van der Waals surface area contributed by atoms with E-state index in [4.69, 9.17) is 0 Å². The summed E-state index contributed by atoms with van der Waals surface area (Å²) in [7, 11) is 0. The second-order valence-electron chi connectivity index (χ2n) is 9.08. The van der Waals surface area contributed by atoms with Gasteiger partial charge in [0.15, 0.2) is 0 Å². The molecular weight excluding hydrogens is 396 g/mol. The molecular formula is C26H32N6. The van der Waals surface area contributed by atoms with E-state index in [1.54, 1.807) is 0 Å². The lowest BCUT2D eigenvalue weighted by molar-refractivity contribution is 0.480. The summed E-state index contributed by atoms with van der Waals surface area (Å²) in [4.78, 5) is 0. The van der Waals surface area contributed by atoms with Gasteiger partial charge in [0.2, 0.25) is 0 Å². The third kappa shape index (κ3) is 4.96. The Balaban J connectivity index is 1.45. The molecule has 2 aromatic heterocycles. The topological polar surface area (TPSA) is 61.4 Å². The van der Waals surface area contributed by atoms with E-state index in [2.05, 4.69) is 109 Å². The first-order valence-electron chi connectivity index (χ1n) is 11.4. The summed E-state index contributed by atoms with van der Waals surface area (Å²) in [6.07, 6.45) is 4.13. The third-order valence-corrected chi connectivity index (χ3v) is 5.96. The summed E-state index contributed by atoms with van der Waals surface area (Å²) in [6, 6.07) is 21.1. The van der Waals surface area contributed by atoms with Crippen LogP contribution in [-0.4, -0.2) is 30.0 Å². The molecule has 2 atom stereocenters. The van der Waals surface area contributed by atoms with Crippen LogP contribution >= 0.6 is 0 Å². The molecule has 0 aliphatic rings. The molecule has 0 saturated carbocycles. The van der Waals surface area contributed by atoms with Gasteiger partial charge in [0.05, 0.1) is 24.5 Å². The molecule has 166 valence electrons. The van der Waals surface area contributed by atoms with Crippen LogP contribution in [0.25, 0.3) is 0 Å². The Hall–Kier alpha value is -3.28. The highest BCUT2D eigenvalue weighted by atomic mass is 15.5. The first-order valence-corrected chi connectivity index (χ1v) is 11.4. The van der Waals surface area contributed by atoms with E-state index < -0.39 is 0 Å². The first kappa shape index (κ1) is 21.9. The summed E-state index contributed by atoms with van der Waals surface area (Å²) in [5.74, 6) is 1.35. The molecule has 0 aliphatic carbocycles. The molecule has 32 heavy (non-hydrogen) atoms. The monoisotopic (exact) mass is 428 g/mol. The zero-order valence-corrected chi connectivity index (χ0v) is 19.3. The summed E-state index contributed by atoms with van der Waals surface area (Å²) in [5.41, 5.74) is 4.57. The zero-order chi connectivity index (χ0) is 22.5. The molecule has 2 aromatic carbocycles. The number of benzene rings is 2. The lowest BCUT2D eigenvalue weighted by Crippen LogP contribution is -2.10.